The molecule has 0 amide bonds. The molecular weight excluding hydrogens is 366 g/mol. The van der Waals surface area contributed by atoms with Crippen LogP contribution in [0.3, 0.4) is 0 Å². The molecule has 3 heterocycles. The molecule has 2 N–H and O–H groups in total. The zero-order valence-corrected chi connectivity index (χ0v) is 14.8. The minimum atomic E-state index is -0.545. The molecule has 3 aromatic heterocycles. The van der Waals surface area contributed by atoms with Crippen molar-refractivity contribution in [2.24, 2.45) is 0 Å². The third-order valence-corrected chi connectivity index (χ3v) is 5.18. The smallest absolute Gasteiger partial charge is 0.313 e. The Kier molecular flexibility index (Phi) is 3.51. The number of fused-ring (bicyclic) bond motifs is 1. The maximum atomic E-state index is 12.2. The Bertz CT molecular complexity index is 1290. The molecule has 0 bridgehead atoms. The van der Waals surface area contributed by atoms with Crippen molar-refractivity contribution in [2.75, 3.05) is 0 Å². The van der Waals surface area contributed by atoms with E-state index in [0.29, 0.717) is 17.2 Å². The summed E-state index contributed by atoms with van der Waals surface area (Å²) in [5.74, 6) is 0.630. The number of nitrogens with one attached hydrogen (secondary N) is 2. The minimum Gasteiger partial charge on any atom is -0.313 e. The number of halogens is 1. The van der Waals surface area contributed by atoms with Crippen molar-refractivity contribution in [3.8, 4) is 11.3 Å². The molecule has 8 heteroatoms. The molecule has 7 nitrogen and oxygen atoms in total. The molecule has 134 valence electrons. The quantitative estimate of drug-likeness (QED) is 0.572. The molecule has 2 atom stereocenters. The van der Waals surface area contributed by atoms with Gasteiger partial charge in [-0.3, -0.25) is 9.78 Å². The van der Waals surface area contributed by atoms with E-state index in [0.717, 1.165) is 22.7 Å². The second kappa shape index (κ2) is 5.92. The lowest BCUT2D eigenvalue weighted by Crippen LogP contribution is -2.23. The van der Waals surface area contributed by atoms with Crippen LogP contribution in [-0.4, -0.2) is 24.6 Å². The van der Waals surface area contributed by atoms with Gasteiger partial charge in [0.25, 0.3) is 5.56 Å². The molecule has 1 aromatic carbocycles. The predicted octanol–water partition coefficient (Wildman–Crippen LogP) is 2.70. The molecule has 5 rings (SSSR count). The molecule has 0 aliphatic heterocycles. The summed E-state index contributed by atoms with van der Waals surface area (Å²) < 4.78 is 1.67. The van der Waals surface area contributed by atoms with Crippen LogP contribution in [0, 0.1) is 0 Å². The Labute approximate surface area is 157 Å². The number of aromatic nitrogens is 5. The first-order chi connectivity index (χ1) is 13.1. The fourth-order valence-corrected chi connectivity index (χ4v) is 3.79. The van der Waals surface area contributed by atoms with Gasteiger partial charge in [-0.15, -0.1) is 0 Å². The first kappa shape index (κ1) is 16.0. The molecule has 1 saturated carbocycles. The van der Waals surface area contributed by atoms with Gasteiger partial charge in [-0.05, 0) is 42.0 Å². The van der Waals surface area contributed by atoms with Gasteiger partial charge in [-0.1, -0.05) is 23.7 Å². The maximum Gasteiger partial charge on any atom is 0.325 e. The first-order valence-electron chi connectivity index (χ1n) is 8.52. The summed E-state index contributed by atoms with van der Waals surface area (Å²) in [4.78, 5) is 32.6. The van der Waals surface area contributed by atoms with E-state index in [1.807, 2.05) is 24.3 Å². The lowest BCUT2D eigenvalue weighted by atomic mass is 10.0. The number of benzene rings is 1. The van der Waals surface area contributed by atoms with E-state index in [4.69, 9.17) is 11.6 Å². The van der Waals surface area contributed by atoms with Gasteiger partial charge in [-0.2, -0.15) is 5.10 Å². The van der Waals surface area contributed by atoms with Crippen molar-refractivity contribution in [3.05, 3.63) is 85.9 Å². The number of hydrogen-bond acceptors (Lipinski definition) is 4. The predicted molar refractivity (Wildman–Crippen MR) is 101 cm³/mol. The third kappa shape index (κ3) is 2.76. The summed E-state index contributed by atoms with van der Waals surface area (Å²) >= 11 is 6.13. The normalized spacial score (nSPS) is 18.7. The Hall–Kier alpha value is -3.19. The van der Waals surface area contributed by atoms with E-state index in [1.54, 1.807) is 16.9 Å². The number of imidazole rings is 1. The van der Waals surface area contributed by atoms with E-state index < -0.39 is 11.2 Å². The standard InChI is InChI=1S/C19H14ClN5O2/c20-11-3-1-2-10(6-11)12-7-13(12)14-8-16(24-25-5-4-21-17(14)25)15-9-22-19(27)23-18(15)26/h1-6,8-9,12-13H,7H2,(H2,22,23,26,27). The zero-order valence-electron chi connectivity index (χ0n) is 14.0. The molecular formula is C19H14ClN5O2. The van der Waals surface area contributed by atoms with Gasteiger partial charge in [0.2, 0.25) is 0 Å². The van der Waals surface area contributed by atoms with E-state index in [-0.39, 0.29) is 5.92 Å². The van der Waals surface area contributed by atoms with Crippen LogP contribution in [0.15, 0.2) is 58.5 Å². The fraction of sp³-hybridized carbons (Fsp3) is 0.158. The molecule has 1 aliphatic carbocycles. The average molecular weight is 380 g/mol. The summed E-state index contributed by atoms with van der Waals surface area (Å²) in [6.07, 6.45) is 5.80. The Morgan fingerprint density at radius 2 is 2.07 bits per heavy atom. The molecule has 4 aromatic rings. The Morgan fingerprint density at radius 3 is 2.89 bits per heavy atom. The second-order valence-corrected chi connectivity index (χ2v) is 7.11. The molecule has 2 unspecified atom stereocenters. The van der Waals surface area contributed by atoms with Gasteiger partial charge >= 0.3 is 5.69 Å². The van der Waals surface area contributed by atoms with Crippen LogP contribution in [-0.2, 0) is 0 Å². The monoisotopic (exact) mass is 379 g/mol. The zero-order chi connectivity index (χ0) is 18.5. The van der Waals surface area contributed by atoms with Crippen molar-refractivity contribution in [1.29, 1.82) is 0 Å². The Morgan fingerprint density at radius 1 is 1.19 bits per heavy atom. The second-order valence-electron chi connectivity index (χ2n) is 6.67. The highest BCUT2D eigenvalue weighted by molar-refractivity contribution is 6.30. The number of nitrogens with zero attached hydrogens (tertiary/aromatic N) is 3. The maximum absolute atomic E-state index is 12.2. The lowest BCUT2D eigenvalue weighted by Gasteiger charge is -2.07. The van der Waals surface area contributed by atoms with Crippen LogP contribution >= 0.6 is 11.6 Å². The van der Waals surface area contributed by atoms with Crippen molar-refractivity contribution >= 4 is 17.2 Å². The summed E-state index contributed by atoms with van der Waals surface area (Å²) in [6.45, 7) is 0. The van der Waals surface area contributed by atoms with Crippen molar-refractivity contribution in [3.63, 3.8) is 0 Å². The highest BCUT2D eigenvalue weighted by Crippen LogP contribution is 2.55. The fourth-order valence-electron chi connectivity index (χ4n) is 3.59. The van der Waals surface area contributed by atoms with Gasteiger partial charge in [0.1, 0.15) is 0 Å². The van der Waals surface area contributed by atoms with E-state index in [1.165, 1.54) is 11.8 Å². The van der Waals surface area contributed by atoms with Crippen molar-refractivity contribution < 1.29 is 0 Å². The van der Waals surface area contributed by atoms with Crippen molar-refractivity contribution in [2.45, 2.75) is 18.3 Å². The highest BCUT2D eigenvalue weighted by Gasteiger charge is 2.41. The Balaban J connectivity index is 1.62. The number of rotatable bonds is 3. The SMILES string of the molecule is O=c1[nH]cc(-c2cc(C3CC3c3cccc(Cl)c3)c3nccn3n2)c(=O)[nH]1. The van der Waals surface area contributed by atoms with Gasteiger partial charge in [-0.25, -0.2) is 14.3 Å². The molecule has 0 saturated heterocycles. The van der Waals surface area contributed by atoms with Crippen LogP contribution in [0.1, 0.15) is 29.4 Å². The summed E-state index contributed by atoms with van der Waals surface area (Å²) in [5.41, 5.74) is 2.78. The topological polar surface area (TPSA) is 95.9 Å². The largest absolute Gasteiger partial charge is 0.325 e. The van der Waals surface area contributed by atoms with Crippen LogP contribution in [0.2, 0.25) is 5.02 Å². The summed E-state index contributed by atoms with van der Waals surface area (Å²) in [5, 5.41) is 5.19. The average Bonchev–Trinajstić information content (AvgIpc) is 3.30. The lowest BCUT2D eigenvalue weighted by molar-refractivity contribution is 0.906. The van der Waals surface area contributed by atoms with E-state index in [2.05, 4.69) is 26.1 Å². The van der Waals surface area contributed by atoms with E-state index >= 15 is 0 Å². The molecule has 0 radical (unpaired) electrons. The molecule has 27 heavy (non-hydrogen) atoms. The van der Waals surface area contributed by atoms with Crippen LogP contribution in [0.5, 0.6) is 0 Å². The number of aromatic amines is 2. The van der Waals surface area contributed by atoms with Gasteiger partial charge in [0.05, 0.1) is 11.3 Å². The first-order valence-corrected chi connectivity index (χ1v) is 8.90. The van der Waals surface area contributed by atoms with E-state index in [9.17, 15) is 9.59 Å². The van der Waals surface area contributed by atoms with Gasteiger partial charge in [0, 0.05) is 29.2 Å². The number of hydrogen-bond donors (Lipinski definition) is 2. The molecule has 1 aliphatic rings. The van der Waals surface area contributed by atoms with Gasteiger partial charge < -0.3 is 4.98 Å². The minimum absolute atomic E-state index is 0.275. The van der Waals surface area contributed by atoms with Crippen LogP contribution in [0.25, 0.3) is 16.9 Å². The van der Waals surface area contributed by atoms with Crippen molar-refractivity contribution in [1.82, 2.24) is 24.6 Å². The molecule has 1 fully saturated rings. The van der Waals surface area contributed by atoms with Gasteiger partial charge in [0.15, 0.2) is 5.65 Å². The summed E-state index contributed by atoms with van der Waals surface area (Å²) in [7, 11) is 0. The highest BCUT2D eigenvalue weighted by atomic mass is 35.5. The molecule has 0 spiro atoms. The van der Waals surface area contributed by atoms with Crippen LogP contribution < -0.4 is 11.2 Å². The van der Waals surface area contributed by atoms with Crippen LogP contribution in [0.4, 0.5) is 0 Å². The summed E-state index contributed by atoms with van der Waals surface area (Å²) in [6, 6.07) is 9.77. The third-order valence-electron chi connectivity index (χ3n) is 4.95. The number of H-pyrrole nitrogens is 2.